The van der Waals surface area contributed by atoms with Gasteiger partial charge in [-0.25, -0.2) is 9.78 Å². The Balaban J connectivity index is 1.68. The van der Waals surface area contributed by atoms with Crippen molar-refractivity contribution in [2.24, 2.45) is 0 Å². The molecule has 0 aromatic carbocycles. The topological polar surface area (TPSA) is 103 Å². The number of carbonyl (C=O) groups excluding carboxylic acids is 3. The second-order valence-electron chi connectivity index (χ2n) is 5.39. The van der Waals surface area contributed by atoms with Crippen molar-refractivity contribution in [2.75, 3.05) is 25.5 Å². The van der Waals surface area contributed by atoms with Gasteiger partial charge in [0.05, 0.1) is 19.6 Å². The zero-order valence-electron chi connectivity index (χ0n) is 14.0. The van der Waals surface area contributed by atoms with Crippen LogP contribution in [0.15, 0.2) is 40.3 Å². The maximum atomic E-state index is 11.9. The molecular formula is C16H18BrN5O3S. The van der Waals surface area contributed by atoms with Crippen molar-refractivity contribution in [1.29, 1.82) is 0 Å². The number of likely N-dealkylation sites (N-methyl/N-ethyl adjacent to an activating group) is 1. The molecule has 0 saturated heterocycles. The number of nitrogens with one attached hydrogen (secondary N) is 3. The maximum Gasteiger partial charge on any atom is 0.321 e. The van der Waals surface area contributed by atoms with E-state index in [1.54, 1.807) is 25.4 Å². The van der Waals surface area contributed by atoms with E-state index in [-0.39, 0.29) is 19.0 Å². The molecule has 0 fully saturated rings. The molecule has 0 aliphatic heterocycles. The summed E-state index contributed by atoms with van der Waals surface area (Å²) >= 11 is 4.78. The standard InChI is InChI=1S/C16H18BrN5O3S/c1-22(9-14(23)20-13-5-4-11(17)7-18-13)10-15(24)21-16(25)19-8-12-3-2-6-26-12/h2-7H,8-10H2,1H3,(H,18,20,23)(H2,19,21,24,25). The quantitative estimate of drug-likeness (QED) is 0.610. The lowest BCUT2D eigenvalue weighted by Gasteiger charge is -2.15. The van der Waals surface area contributed by atoms with Gasteiger partial charge in [0, 0.05) is 15.5 Å². The number of hydrogen-bond donors (Lipinski definition) is 3. The Morgan fingerprint density at radius 3 is 2.62 bits per heavy atom. The summed E-state index contributed by atoms with van der Waals surface area (Å²) < 4.78 is 0.807. The first kappa shape index (κ1) is 20.0. The van der Waals surface area contributed by atoms with E-state index in [0.717, 1.165) is 9.35 Å². The number of carbonyl (C=O) groups is 3. The van der Waals surface area contributed by atoms with Crippen LogP contribution in [0.5, 0.6) is 0 Å². The van der Waals surface area contributed by atoms with Crippen molar-refractivity contribution >= 4 is 50.9 Å². The summed E-state index contributed by atoms with van der Waals surface area (Å²) in [6.07, 6.45) is 1.57. The van der Waals surface area contributed by atoms with Gasteiger partial charge in [0.1, 0.15) is 5.82 Å². The smallest absolute Gasteiger partial charge is 0.321 e. The molecule has 0 unspecified atom stereocenters. The largest absolute Gasteiger partial charge is 0.333 e. The number of halogens is 1. The maximum absolute atomic E-state index is 11.9. The lowest BCUT2D eigenvalue weighted by atomic mass is 10.4. The fourth-order valence-corrected chi connectivity index (χ4v) is 2.85. The molecule has 8 nitrogen and oxygen atoms in total. The molecule has 0 bridgehead atoms. The van der Waals surface area contributed by atoms with Gasteiger partial charge in [-0.15, -0.1) is 11.3 Å². The third-order valence-electron chi connectivity index (χ3n) is 3.08. The van der Waals surface area contributed by atoms with Gasteiger partial charge < -0.3 is 10.6 Å². The molecular weight excluding hydrogens is 422 g/mol. The summed E-state index contributed by atoms with van der Waals surface area (Å²) in [4.78, 5) is 42.0. The number of hydrogen-bond acceptors (Lipinski definition) is 6. The number of amides is 4. The third-order valence-corrected chi connectivity index (χ3v) is 4.42. The number of pyridine rings is 1. The molecule has 2 aromatic heterocycles. The summed E-state index contributed by atoms with van der Waals surface area (Å²) in [5.41, 5.74) is 0. The van der Waals surface area contributed by atoms with E-state index in [2.05, 4.69) is 36.9 Å². The third kappa shape index (κ3) is 7.30. The minimum absolute atomic E-state index is 0.0119. The minimum Gasteiger partial charge on any atom is -0.333 e. The van der Waals surface area contributed by atoms with Crippen LogP contribution in [-0.2, 0) is 16.1 Å². The molecule has 0 spiro atoms. The summed E-state index contributed by atoms with van der Waals surface area (Å²) in [6.45, 7) is 0.255. The number of rotatable bonds is 7. The van der Waals surface area contributed by atoms with Crippen molar-refractivity contribution in [2.45, 2.75) is 6.54 Å². The zero-order chi connectivity index (χ0) is 18.9. The predicted molar refractivity (Wildman–Crippen MR) is 103 cm³/mol. The predicted octanol–water partition coefficient (Wildman–Crippen LogP) is 1.80. The van der Waals surface area contributed by atoms with Crippen LogP contribution in [0.4, 0.5) is 10.6 Å². The number of nitrogens with zero attached hydrogens (tertiary/aromatic N) is 2. The normalized spacial score (nSPS) is 10.4. The fraction of sp³-hybridized carbons (Fsp3) is 0.250. The zero-order valence-corrected chi connectivity index (χ0v) is 16.4. The Morgan fingerprint density at radius 1 is 1.19 bits per heavy atom. The molecule has 0 atom stereocenters. The van der Waals surface area contributed by atoms with E-state index in [4.69, 9.17) is 0 Å². The van der Waals surface area contributed by atoms with Gasteiger partial charge >= 0.3 is 6.03 Å². The van der Waals surface area contributed by atoms with Crippen LogP contribution in [0.25, 0.3) is 0 Å². The van der Waals surface area contributed by atoms with E-state index in [0.29, 0.717) is 12.4 Å². The molecule has 2 aromatic rings. The van der Waals surface area contributed by atoms with Crippen LogP contribution in [0.1, 0.15) is 4.88 Å². The van der Waals surface area contributed by atoms with E-state index >= 15 is 0 Å². The second kappa shape index (κ2) is 10.00. The summed E-state index contributed by atoms with van der Waals surface area (Å²) in [6, 6.07) is 6.62. The molecule has 0 aliphatic rings. The molecule has 4 amide bonds. The number of urea groups is 1. The van der Waals surface area contributed by atoms with Gasteiger partial charge in [-0.3, -0.25) is 19.8 Å². The molecule has 0 aliphatic carbocycles. The molecule has 3 N–H and O–H groups in total. The molecule has 0 saturated carbocycles. The van der Waals surface area contributed by atoms with Crippen LogP contribution >= 0.6 is 27.3 Å². The van der Waals surface area contributed by atoms with E-state index in [1.807, 2.05) is 17.5 Å². The number of anilines is 1. The van der Waals surface area contributed by atoms with Crippen LogP contribution in [-0.4, -0.2) is 47.9 Å². The van der Waals surface area contributed by atoms with Crippen LogP contribution in [0.3, 0.4) is 0 Å². The van der Waals surface area contributed by atoms with Crippen LogP contribution in [0, 0.1) is 0 Å². The highest BCUT2D eigenvalue weighted by molar-refractivity contribution is 9.10. The van der Waals surface area contributed by atoms with E-state index in [1.165, 1.54) is 16.2 Å². The van der Waals surface area contributed by atoms with Crippen molar-refractivity contribution in [1.82, 2.24) is 20.5 Å². The fourth-order valence-electron chi connectivity index (χ4n) is 1.97. The molecule has 2 rings (SSSR count). The highest BCUT2D eigenvalue weighted by Crippen LogP contribution is 2.10. The summed E-state index contributed by atoms with van der Waals surface area (Å²) in [7, 11) is 1.61. The Labute approximate surface area is 163 Å². The highest BCUT2D eigenvalue weighted by atomic mass is 79.9. The Kier molecular flexibility index (Phi) is 7.70. The SMILES string of the molecule is CN(CC(=O)NC(=O)NCc1cccs1)CC(=O)Nc1ccc(Br)cn1. The van der Waals surface area contributed by atoms with Gasteiger partial charge in [-0.2, -0.15) is 0 Å². The molecule has 26 heavy (non-hydrogen) atoms. The Hall–Kier alpha value is -2.30. The van der Waals surface area contributed by atoms with Crippen molar-refractivity contribution in [3.05, 3.63) is 45.2 Å². The minimum atomic E-state index is -0.569. The van der Waals surface area contributed by atoms with Crippen LogP contribution < -0.4 is 16.0 Å². The lowest BCUT2D eigenvalue weighted by molar-refractivity contribution is -0.122. The van der Waals surface area contributed by atoms with Gasteiger partial charge in [-0.05, 0) is 46.6 Å². The monoisotopic (exact) mass is 439 g/mol. The van der Waals surface area contributed by atoms with E-state index < -0.39 is 11.9 Å². The van der Waals surface area contributed by atoms with Crippen molar-refractivity contribution in [3.63, 3.8) is 0 Å². The van der Waals surface area contributed by atoms with Gasteiger partial charge in [0.2, 0.25) is 11.8 Å². The Morgan fingerprint density at radius 2 is 1.96 bits per heavy atom. The van der Waals surface area contributed by atoms with Crippen molar-refractivity contribution in [3.8, 4) is 0 Å². The summed E-state index contributed by atoms with van der Waals surface area (Å²) in [5, 5.41) is 9.36. The average Bonchev–Trinajstić information content (AvgIpc) is 3.08. The van der Waals surface area contributed by atoms with Gasteiger partial charge in [-0.1, -0.05) is 6.07 Å². The van der Waals surface area contributed by atoms with Gasteiger partial charge in [0.25, 0.3) is 0 Å². The first-order chi connectivity index (χ1) is 12.4. The van der Waals surface area contributed by atoms with E-state index in [9.17, 15) is 14.4 Å². The van der Waals surface area contributed by atoms with Crippen molar-refractivity contribution < 1.29 is 14.4 Å². The summed E-state index contributed by atoms with van der Waals surface area (Å²) in [5.74, 6) is -0.382. The number of thiophene rings is 1. The number of aromatic nitrogens is 1. The molecule has 0 radical (unpaired) electrons. The second-order valence-corrected chi connectivity index (χ2v) is 7.34. The lowest BCUT2D eigenvalue weighted by Crippen LogP contribution is -2.44. The first-order valence-corrected chi connectivity index (χ1v) is 9.29. The van der Waals surface area contributed by atoms with Gasteiger partial charge in [0.15, 0.2) is 0 Å². The molecule has 138 valence electrons. The molecule has 2 heterocycles. The highest BCUT2D eigenvalue weighted by Gasteiger charge is 2.13. The average molecular weight is 440 g/mol. The number of imide groups is 1. The first-order valence-electron chi connectivity index (χ1n) is 7.62. The molecule has 10 heteroatoms. The van der Waals surface area contributed by atoms with Crippen LogP contribution in [0.2, 0.25) is 0 Å². The Bertz CT molecular complexity index is 752.